The fraction of sp³-hybridized carbons (Fsp3) is 0.476. The predicted molar refractivity (Wildman–Crippen MR) is 111 cm³/mol. The van der Waals surface area contributed by atoms with Crippen LogP contribution in [0.1, 0.15) is 30.6 Å². The lowest BCUT2D eigenvalue weighted by Gasteiger charge is -2.27. The number of rotatable bonds is 8. The van der Waals surface area contributed by atoms with E-state index in [-0.39, 0.29) is 6.61 Å². The van der Waals surface area contributed by atoms with Gasteiger partial charge in [0.25, 0.3) is 0 Å². The predicted octanol–water partition coefficient (Wildman–Crippen LogP) is 4.57. The molecule has 2 aromatic rings. The highest BCUT2D eigenvalue weighted by molar-refractivity contribution is 7.15. The van der Waals surface area contributed by atoms with E-state index in [0.717, 1.165) is 41.1 Å². The number of carboxylic acid groups (broad SMARTS) is 1. The standard InChI is InChI=1S/C21H26N2O5S/c1-14-10-22-20(29-14)17-4-2-3-5-18(17)23-21(26)28-12-16-8-6-15(7-9-16)11-27-13-19(24)25/h2-5,10,15-16H,6-9,11-13H2,1H3,(H,23,26)(H,24,25)/t15-,16-. The fourth-order valence-electron chi connectivity index (χ4n) is 3.48. The van der Waals surface area contributed by atoms with Gasteiger partial charge in [-0.1, -0.05) is 12.1 Å². The Hall–Kier alpha value is -2.45. The second-order valence-corrected chi connectivity index (χ2v) is 8.58. The summed E-state index contributed by atoms with van der Waals surface area (Å²) in [6.45, 7) is 2.62. The number of aliphatic carboxylic acids is 1. The molecule has 2 N–H and O–H groups in total. The van der Waals surface area contributed by atoms with Crippen molar-refractivity contribution >= 4 is 29.1 Å². The summed E-state index contributed by atoms with van der Waals surface area (Å²) in [5.74, 6) is -0.231. The van der Waals surface area contributed by atoms with Gasteiger partial charge in [-0.25, -0.2) is 14.6 Å². The number of thiazole rings is 1. The van der Waals surface area contributed by atoms with Gasteiger partial charge >= 0.3 is 12.1 Å². The maximum absolute atomic E-state index is 12.3. The van der Waals surface area contributed by atoms with Gasteiger partial charge in [0.05, 0.1) is 18.9 Å². The highest BCUT2D eigenvalue weighted by Gasteiger charge is 2.23. The van der Waals surface area contributed by atoms with Crippen LogP contribution in [0.2, 0.25) is 0 Å². The highest BCUT2D eigenvalue weighted by atomic mass is 32.1. The molecule has 3 rings (SSSR count). The summed E-state index contributed by atoms with van der Waals surface area (Å²) in [4.78, 5) is 28.3. The Labute approximate surface area is 174 Å². The summed E-state index contributed by atoms with van der Waals surface area (Å²) < 4.78 is 10.6. The molecule has 0 atom stereocenters. The van der Waals surface area contributed by atoms with Gasteiger partial charge in [0.2, 0.25) is 0 Å². The zero-order chi connectivity index (χ0) is 20.6. The zero-order valence-electron chi connectivity index (χ0n) is 16.4. The minimum absolute atomic E-state index is 0.245. The largest absolute Gasteiger partial charge is 0.480 e. The molecule has 1 aliphatic carbocycles. The Morgan fingerprint density at radius 3 is 2.52 bits per heavy atom. The van der Waals surface area contributed by atoms with Gasteiger partial charge in [0.1, 0.15) is 11.6 Å². The molecule has 8 heteroatoms. The summed E-state index contributed by atoms with van der Waals surface area (Å²) in [6.07, 6.45) is 5.17. The zero-order valence-corrected chi connectivity index (χ0v) is 17.2. The smallest absolute Gasteiger partial charge is 0.411 e. The number of aromatic nitrogens is 1. The molecule has 1 fully saturated rings. The van der Waals surface area contributed by atoms with Crippen LogP contribution in [-0.4, -0.2) is 42.0 Å². The second-order valence-electron chi connectivity index (χ2n) is 7.34. The summed E-state index contributed by atoms with van der Waals surface area (Å²) in [6, 6.07) is 7.56. The molecule has 1 heterocycles. The van der Waals surface area contributed by atoms with Crippen LogP contribution in [0.25, 0.3) is 10.6 Å². The fourth-order valence-corrected chi connectivity index (χ4v) is 4.28. The van der Waals surface area contributed by atoms with Gasteiger partial charge in [0, 0.05) is 16.6 Å². The Kier molecular flexibility index (Phi) is 7.60. The van der Waals surface area contributed by atoms with Crippen molar-refractivity contribution in [2.24, 2.45) is 11.8 Å². The number of carboxylic acids is 1. The van der Waals surface area contributed by atoms with Crippen molar-refractivity contribution < 1.29 is 24.2 Å². The van der Waals surface area contributed by atoms with Crippen LogP contribution >= 0.6 is 11.3 Å². The number of carbonyl (C=O) groups excluding carboxylic acids is 1. The summed E-state index contributed by atoms with van der Waals surface area (Å²) >= 11 is 1.58. The first-order valence-electron chi connectivity index (χ1n) is 9.76. The molecule has 0 unspecified atom stereocenters. The number of aryl methyl sites for hydroxylation is 1. The average Bonchev–Trinajstić information content (AvgIpc) is 3.14. The molecule has 1 aliphatic rings. The molecule has 1 aromatic heterocycles. The minimum Gasteiger partial charge on any atom is -0.480 e. The molecule has 7 nitrogen and oxygen atoms in total. The van der Waals surface area contributed by atoms with Crippen LogP contribution in [0.4, 0.5) is 10.5 Å². The number of hydrogen-bond acceptors (Lipinski definition) is 6. The van der Waals surface area contributed by atoms with Crippen LogP contribution in [0.15, 0.2) is 30.5 Å². The normalized spacial score (nSPS) is 18.9. The molecular weight excluding hydrogens is 392 g/mol. The average molecular weight is 419 g/mol. The maximum Gasteiger partial charge on any atom is 0.411 e. The number of hydrogen-bond donors (Lipinski definition) is 2. The van der Waals surface area contributed by atoms with Gasteiger partial charge in [-0.2, -0.15) is 0 Å². The first kappa shape index (κ1) is 21.3. The van der Waals surface area contributed by atoms with Gasteiger partial charge in [-0.15, -0.1) is 11.3 Å². The van der Waals surface area contributed by atoms with Crippen molar-refractivity contribution in [3.05, 3.63) is 35.3 Å². The molecule has 1 aromatic carbocycles. The second kappa shape index (κ2) is 10.4. The van der Waals surface area contributed by atoms with E-state index in [1.165, 1.54) is 0 Å². The van der Waals surface area contributed by atoms with E-state index in [4.69, 9.17) is 14.6 Å². The third-order valence-electron chi connectivity index (χ3n) is 5.01. The first-order valence-corrected chi connectivity index (χ1v) is 10.6. The SMILES string of the molecule is Cc1cnc(-c2ccccc2NC(=O)OC[C@H]2CC[C@H](COCC(=O)O)CC2)s1. The first-order chi connectivity index (χ1) is 14.0. The van der Waals surface area contributed by atoms with Crippen molar-refractivity contribution in [3.63, 3.8) is 0 Å². The molecule has 0 bridgehead atoms. The number of nitrogens with zero attached hydrogens (tertiary/aromatic N) is 1. The van der Waals surface area contributed by atoms with Crippen LogP contribution < -0.4 is 5.32 Å². The van der Waals surface area contributed by atoms with E-state index < -0.39 is 12.1 Å². The van der Waals surface area contributed by atoms with Crippen molar-refractivity contribution in [1.29, 1.82) is 0 Å². The van der Waals surface area contributed by atoms with Gasteiger partial charge in [-0.3, -0.25) is 5.32 Å². The lowest BCUT2D eigenvalue weighted by molar-refractivity contribution is -0.142. The molecule has 0 radical (unpaired) electrons. The molecule has 1 saturated carbocycles. The Morgan fingerprint density at radius 1 is 1.17 bits per heavy atom. The number of amides is 1. The quantitative estimate of drug-likeness (QED) is 0.651. The van der Waals surface area contributed by atoms with Gasteiger partial charge < -0.3 is 14.6 Å². The molecular formula is C21H26N2O5S. The third kappa shape index (κ3) is 6.54. The monoisotopic (exact) mass is 418 g/mol. The van der Waals surface area contributed by atoms with Crippen molar-refractivity contribution in [3.8, 4) is 10.6 Å². The Morgan fingerprint density at radius 2 is 1.86 bits per heavy atom. The van der Waals surface area contributed by atoms with Crippen molar-refractivity contribution in [2.75, 3.05) is 25.1 Å². The third-order valence-corrected chi connectivity index (χ3v) is 5.96. The van der Waals surface area contributed by atoms with Crippen LogP contribution in [0.3, 0.4) is 0 Å². The van der Waals surface area contributed by atoms with Crippen LogP contribution in [0, 0.1) is 18.8 Å². The van der Waals surface area contributed by atoms with E-state index in [0.29, 0.717) is 30.7 Å². The molecule has 0 saturated heterocycles. The number of carbonyl (C=O) groups is 2. The molecule has 156 valence electrons. The Balaban J connectivity index is 1.43. The lowest BCUT2D eigenvalue weighted by atomic mass is 9.83. The van der Waals surface area contributed by atoms with E-state index >= 15 is 0 Å². The summed E-state index contributed by atoms with van der Waals surface area (Å²) in [7, 11) is 0. The summed E-state index contributed by atoms with van der Waals surface area (Å²) in [5.41, 5.74) is 1.57. The number of nitrogens with one attached hydrogen (secondary N) is 1. The minimum atomic E-state index is -0.940. The highest BCUT2D eigenvalue weighted by Crippen LogP contribution is 2.32. The topological polar surface area (TPSA) is 97.8 Å². The number of para-hydroxylation sites is 1. The Bertz CT molecular complexity index is 830. The lowest BCUT2D eigenvalue weighted by Crippen LogP contribution is -2.25. The van der Waals surface area contributed by atoms with Gasteiger partial charge in [-0.05, 0) is 56.6 Å². The molecule has 29 heavy (non-hydrogen) atoms. The number of ether oxygens (including phenoxy) is 2. The number of benzene rings is 1. The van der Waals surface area contributed by atoms with E-state index in [2.05, 4.69) is 10.3 Å². The van der Waals surface area contributed by atoms with Crippen molar-refractivity contribution in [2.45, 2.75) is 32.6 Å². The summed E-state index contributed by atoms with van der Waals surface area (Å²) in [5, 5.41) is 12.3. The molecule has 0 aliphatic heterocycles. The van der Waals surface area contributed by atoms with Crippen molar-refractivity contribution in [1.82, 2.24) is 4.98 Å². The maximum atomic E-state index is 12.3. The van der Waals surface area contributed by atoms with Crippen LogP contribution in [-0.2, 0) is 14.3 Å². The van der Waals surface area contributed by atoms with Crippen LogP contribution in [0.5, 0.6) is 0 Å². The van der Waals surface area contributed by atoms with E-state index in [1.54, 1.807) is 11.3 Å². The van der Waals surface area contributed by atoms with E-state index in [1.807, 2.05) is 37.4 Å². The molecule has 0 spiro atoms. The molecule has 1 amide bonds. The van der Waals surface area contributed by atoms with E-state index in [9.17, 15) is 9.59 Å². The number of anilines is 1. The van der Waals surface area contributed by atoms with Gasteiger partial charge in [0.15, 0.2) is 0 Å².